The molecule has 0 saturated heterocycles. The van der Waals surface area contributed by atoms with Gasteiger partial charge in [0.05, 0.1) is 0 Å². The molecule has 0 saturated carbocycles. The maximum Gasteiger partial charge on any atom is 0.160 e. The standard InChI is InChI=1S/C6H10O2/c1-4-6(3,5-2)8-7/h1,7H,5H2,2-3H3. The Balaban J connectivity index is 3.83. The van der Waals surface area contributed by atoms with Crippen molar-refractivity contribution < 1.29 is 10.1 Å². The summed E-state index contributed by atoms with van der Waals surface area (Å²) in [6.45, 7) is 3.49. The Morgan fingerprint density at radius 1 is 1.88 bits per heavy atom. The highest BCUT2D eigenvalue weighted by molar-refractivity contribution is 5.04. The number of terminal acetylenes is 1. The molecule has 0 aromatic rings. The van der Waals surface area contributed by atoms with E-state index >= 15 is 0 Å². The molecule has 2 nitrogen and oxygen atoms in total. The summed E-state index contributed by atoms with van der Waals surface area (Å²) in [7, 11) is 0. The molecule has 0 fully saturated rings. The normalized spacial score (nSPS) is 16.8. The highest BCUT2D eigenvalue weighted by atomic mass is 17.1. The summed E-state index contributed by atoms with van der Waals surface area (Å²) >= 11 is 0. The van der Waals surface area contributed by atoms with Crippen molar-refractivity contribution in [3.8, 4) is 12.3 Å². The Labute approximate surface area is 49.4 Å². The van der Waals surface area contributed by atoms with Crippen molar-refractivity contribution in [2.45, 2.75) is 25.9 Å². The van der Waals surface area contributed by atoms with E-state index < -0.39 is 5.60 Å². The van der Waals surface area contributed by atoms with Gasteiger partial charge in [0, 0.05) is 0 Å². The lowest BCUT2D eigenvalue weighted by Crippen LogP contribution is -2.23. The third-order valence-electron chi connectivity index (χ3n) is 1.18. The van der Waals surface area contributed by atoms with Crippen LogP contribution in [0.2, 0.25) is 0 Å². The van der Waals surface area contributed by atoms with Gasteiger partial charge in [-0.2, -0.15) is 0 Å². The fourth-order valence-electron chi connectivity index (χ4n) is 0.193. The summed E-state index contributed by atoms with van der Waals surface area (Å²) in [4.78, 5) is 4.00. The van der Waals surface area contributed by atoms with Gasteiger partial charge in [-0.25, -0.2) is 4.89 Å². The molecule has 0 rings (SSSR count). The molecule has 46 valence electrons. The van der Waals surface area contributed by atoms with Crippen LogP contribution in [0.3, 0.4) is 0 Å². The molecule has 1 unspecified atom stereocenters. The largest absolute Gasteiger partial charge is 0.250 e. The third-order valence-corrected chi connectivity index (χ3v) is 1.18. The van der Waals surface area contributed by atoms with E-state index in [0.717, 1.165) is 0 Å². The van der Waals surface area contributed by atoms with Crippen molar-refractivity contribution >= 4 is 0 Å². The van der Waals surface area contributed by atoms with Crippen molar-refractivity contribution in [3.63, 3.8) is 0 Å². The minimum Gasteiger partial charge on any atom is -0.250 e. The Bertz CT molecular complexity index is 97.6. The van der Waals surface area contributed by atoms with E-state index in [1.165, 1.54) is 0 Å². The van der Waals surface area contributed by atoms with E-state index in [2.05, 4.69) is 10.8 Å². The lowest BCUT2D eigenvalue weighted by Gasteiger charge is -2.15. The molecule has 0 aliphatic rings. The maximum atomic E-state index is 8.14. The van der Waals surface area contributed by atoms with E-state index in [4.69, 9.17) is 11.7 Å². The Kier molecular flexibility index (Phi) is 2.53. The Morgan fingerprint density at radius 2 is 2.38 bits per heavy atom. The molecule has 8 heavy (non-hydrogen) atoms. The van der Waals surface area contributed by atoms with Crippen LogP contribution < -0.4 is 0 Å². The third kappa shape index (κ3) is 1.53. The van der Waals surface area contributed by atoms with E-state index in [-0.39, 0.29) is 0 Å². The molecule has 1 atom stereocenters. The Hall–Kier alpha value is -0.520. The number of hydrogen-bond donors (Lipinski definition) is 1. The van der Waals surface area contributed by atoms with E-state index in [9.17, 15) is 0 Å². The summed E-state index contributed by atoms with van der Waals surface area (Å²) in [6, 6.07) is 0. The highest BCUT2D eigenvalue weighted by Gasteiger charge is 2.18. The van der Waals surface area contributed by atoms with Crippen LogP contribution in [0.15, 0.2) is 0 Å². The maximum absolute atomic E-state index is 8.14. The molecule has 0 spiro atoms. The minimum atomic E-state index is -0.792. The Morgan fingerprint density at radius 3 is 2.38 bits per heavy atom. The van der Waals surface area contributed by atoms with E-state index in [1.807, 2.05) is 6.92 Å². The van der Waals surface area contributed by atoms with Crippen molar-refractivity contribution in [3.05, 3.63) is 0 Å². The van der Waals surface area contributed by atoms with Crippen LogP contribution in [-0.4, -0.2) is 10.9 Å². The molecule has 0 aliphatic carbocycles. The van der Waals surface area contributed by atoms with Gasteiger partial charge < -0.3 is 0 Å². The van der Waals surface area contributed by atoms with Gasteiger partial charge in [-0.05, 0) is 13.3 Å². The van der Waals surface area contributed by atoms with Crippen LogP contribution in [0.25, 0.3) is 0 Å². The molecular weight excluding hydrogens is 104 g/mol. The average Bonchev–Trinajstić information content (AvgIpc) is 1.87. The van der Waals surface area contributed by atoms with Crippen LogP contribution in [-0.2, 0) is 4.89 Å². The summed E-state index contributed by atoms with van der Waals surface area (Å²) in [5.74, 6) is 2.31. The van der Waals surface area contributed by atoms with Gasteiger partial charge in [0.1, 0.15) is 0 Å². The fourth-order valence-corrected chi connectivity index (χ4v) is 0.193. The van der Waals surface area contributed by atoms with Crippen LogP contribution in [0.5, 0.6) is 0 Å². The quantitative estimate of drug-likeness (QED) is 0.333. The summed E-state index contributed by atoms with van der Waals surface area (Å²) in [5, 5.41) is 8.14. The molecule has 0 radical (unpaired) electrons. The van der Waals surface area contributed by atoms with Crippen molar-refractivity contribution in [2.24, 2.45) is 0 Å². The van der Waals surface area contributed by atoms with Crippen molar-refractivity contribution in [2.75, 3.05) is 0 Å². The highest BCUT2D eigenvalue weighted by Crippen LogP contribution is 2.10. The van der Waals surface area contributed by atoms with Gasteiger partial charge >= 0.3 is 0 Å². The predicted octanol–water partition coefficient (Wildman–Crippen LogP) is 1.28. The van der Waals surface area contributed by atoms with E-state index in [0.29, 0.717) is 6.42 Å². The van der Waals surface area contributed by atoms with Gasteiger partial charge in [-0.15, -0.1) is 6.42 Å². The smallest absolute Gasteiger partial charge is 0.160 e. The van der Waals surface area contributed by atoms with Gasteiger partial charge in [0.15, 0.2) is 5.60 Å². The van der Waals surface area contributed by atoms with Crippen LogP contribution >= 0.6 is 0 Å². The van der Waals surface area contributed by atoms with Crippen molar-refractivity contribution in [1.29, 1.82) is 0 Å². The summed E-state index contributed by atoms with van der Waals surface area (Å²) in [5.41, 5.74) is -0.792. The van der Waals surface area contributed by atoms with E-state index in [1.54, 1.807) is 6.92 Å². The average molecular weight is 114 g/mol. The number of hydrogen-bond acceptors (Lipinski definition) is 2. The number of rotatable bonds is 2. The summed E-state index contributed by atoms with van der Waals surface area (Å²) in [6.07, 6.45) is 5.60. The van der Waals surface area contributed by atoms with Gasteiger partial charge in [-0.3, -0.25) is 5.26 Å². The molecule has 0 aromatic carbocycles. The zero-order chi connectivity index (χ0) is 6.62. The lowest BCUT2D eigenvalue weighted by atomic mass is 10.1. The minimum absolute atomic E-state index is 0.611. The second-order valence-corrected chi connectivity index (χ2v) is 1.82. The molecule has 0 aromatic heterocycles. The molecule has 2 heteroatoms. The monoisotopic (exact) mass is 114 g/mol. The van der Waals surface area contributed by atoms with Crippen LogP contribution in [0.1, 0.15) is 20.3 Å². The van der Waals surface area contributed by atoms with Gasteiger partial charge in [-0.1, -0.05) is 12.8 Å². The molecule has 1 N–H and O–H groups in total. The van der Waals surface area contributed by atoms with Gasteiger partial charge in [0.2, 0.25) is 0 Å². The molecular formula is C6H10O2. The topological polar surface area (TPSA) is 29.5 Å². The molecule has 0 bridgehead atoms. The second-order valence-electron chi connectivity index (χ2n) is 1.82. The second kappa shape index (κ2) is 2.71. The van der Waals surface area contributed by atoms with Crippen molar-refractivity contribution in [1.82, 2.24) is 0 Å². The first-order chi connectivity index (χ1) is 3.68. The first-order valence-corrected chi connectivity index (χ1v) is 2.49. The van der Waals surface area contributed by atoms with Gasteiger partial charge in [0.25, 0.3) is 0 Å². The zero-order valence-electron chi connectivity index (χ0n) is 5.14. The molecule has 0 aliphatic heterocycles. The van der Waals surface area contributed by atoms with Crippen LogP contribution in [0.4, 0.5) is 0 Å². The predicted molar refractivity (Wildman–Crippen MR) is 31.2 cm³/mol. The first kappa shape index (κ1) is 7.48. The molecule has 0 heterocycles. The first-order valence-electron chi connectivity index (χ1n) is 2.49. The fraction of sp³-hybridized carbons (Fsp3) is 0.667. The molecule has 0 amide bonds. The SMILES string of the molecule is C#CC(C)(CC)OO. The lowest BCUT2D eigenvalue weighted by molar-refractivity contribution is -0.299. The van der Waals surface area contributed by atoms with Crippen LogP contribution in [0, 0.1) is 12.3 Å². The summed E-state index contributed by atoms with van der Waals surface area (Å²) < 4.78 is 0. The zero-order valence-corrected chi connectivity index (χ0v) is 5.14.